The number of ether oxygens (including phenoxy) is 2. The number of hydrogen-bond donors (Lipinski definition) is 2. The summed E-state index contributed by atoms with van der Waals surface area (Å²) in [5.74, 6) is 1.10. The Balaban J connectivity index is 1.96. The van der Waals surface area contributed by atoms with Gasteiger partial charge < -0.3 is 14.8 Å². The van der Waals surface area contributed by atoms with Crippen molar-refractivity contribution in [1.82, 2.24) is 5.43 Å². The van der Waals surface area contributed by atoms with E-state index >= 15 is 0 Å². The van der Waals surface area contributed by atoms with E-state index in [4.69, 9.17) is 9.47 Å². The van der Waals surface area contributed by atoms with E-state index in [2.05, 4.69) is 15.8 Å². The number of carbonyl (C=O) groups is 1. The third-order valence-electron chi connectivity index (χ3n) is 3.65. The number of aryl methyl sites for hydroxylation is 1. The van der Waals surface area contributed by atoms with Crippen molar-refractivity contribution in [3.63, 3.8) is 0 Å². The van der Waals surface area contributed by atoms with Gasteiger partial charge in [-0.2, -0.15) is 5.10 Å². The number of nitrogens with one attached hydrogen (secondary N) is 2. The lowest BCUT2D eigenvalue weighted by molar-refractivity contribution is -0.119. The van der Waals surface area contributed by atoms with Crippen molar-refractivity contribution in [3.8, 4) is 11.5 Å². The second-order valence-electron chi connectivity index (χ2n) is 5.52. The summed E-state index contributed by atoms with van der Waals surface area (Å²) in [5.41, 5.74) is 6.03. The molecule has 0 aliphatic carbocycles. The van der Waals surface area contributed by atoms with Gasteiger partial charge in [0.2, 0.25) is 0 Å². The number of rotatable bonds is 7. The molecule has 0 fully saturated rings. The van der Waals surface area contributed by atoms with Crippen LogP contribution in [0.15, 0.2) is 47.6 Å². The van der Waals surface area contributed by atoms with Gasteiger partial charge in [0, 0.05) is 17.3 Å². The first-order valence-corrected chi connectivity index (χ1v) is 7.89. The number of anilines is 1. The Morgan fingerprint density at radius 1 is 1.08 bits per heavy atom. The molecule has 0 aliphatic rings. The number of hydrazone groups is 1. The first-order chi connectivity index (χ1) is 12.0. The molecule has 0 atom stereocenters. The van der Waals surface area contributed by atoms with Gasteiger partial charge in [0.05, 0.1) is 26.5 Å². The van der Waals surface area contributed by atoms with Gasteiger partial charge in [0.15, 0.2) is 0 Å². The average Bonchev–Trinajstić information content (AvgIpc) is 2.65. The second-order valence-corrected chi connectivity index (χ2v) is 5.52. The average molecular weight is 341 g/mol. The van der Waals surface area contributed by atoms with Crippen LogP contribution in [0.2, 0.25) is 0 Å². The summed E-state index contributed by atoms with van der Waals surface area (Å²) in [6, 6.07) is 13.3. The van der Waals surface area contributed by atoms with Crippen LogP contribution in [0.25, 0.3) is 0 Å². The van der Waals surface area contributed by atoms with Crippen molar-refractivity contribution in [3.05, 3.63) is 53.6 Å². The van der Waals surface area contributed by atoms with E-state index in [9.17, 15) is 4.79 Å². The lowest BCUT2D eigenvalue weighted by Crippen LogP contribution is -2.26. The van der Waals surface area contributed by atoms with Crippen LogP contribution in [-0.2, 0) is 4.79 Å². The van der Waals surface area contributed by atoms with Gasteiger partial charge in [-0.25, -0.2) is 5.43 Å². The number of benzene rings is 2. The number of hydrogen-bond acceptors (Lipinski definition) is 5. The van der Waals surface area contributed by atoms with E-state index < -0.39 is 0 Å². The third kappa shape index (κ3) is 5.24. The van der Waals surface area contributed by atoms with Gasteiger partial charge in [0.1, 0.15) is 11.5 Å². The Hall–Kier alpha value is -3.02. The van der Waals surface area contributed by atoms with Crippen LogP contribution < -0.4 is 20.2 Å². The van der Waals surface area contributed by atoms with E-state index in [1.165, 1.54) is 5.56 Å². The maximum atomic E-state index is 11.9. The summed E-state index contributed by atoms with van der Waals surface area (Å²) < 4.78 is 10.5. The van der Waals surface area contributed by atoms with Crippen LogP contribution in [0.1, 0.15) is 18.1 Å². The Labute approximate surface area is 147 Å². The molecule has 2 N–H and O–H groups in total. The van der Waals surface area contributed by atoms with Gasteiger partial charge in [-0.1, -0.05) is 17.7 Å². The molecule has 1 amide bonds. The molecule has 0 saturated carbocycles. The van der Waals surface area contributed by atoms with Gasteiger partial charge in [-0.05, 0) is 38.1 Å². The summed E-state index contributed by atoms with van der Waals surface area (Å²) in [7, 11) is 3.17. The van der Waals surface area contributed by atoms with Gasteiger partial charge in [-0.15, -0.1) is 0 Å². The number of amides is 1. The SMILES string of the molecule is COc1ccc(/C(C)=N/NC(=O)CNc2ccc(C)cc2)c(OC)c1. The van der Waals surface area contributed by atoms with Crippen molar-refractivity contribution in [2.24, 2.45) is 5.10 Å². The molecule has 0 radical (unpaired) electrons. The van der Waals surface area contributed by atoms with E-state index in [-0.39, 0.29) is 12.5 Å². The summed E-state index contributed by atoms with van der Waals surface area (Å²) in [6.07, 6.45) is 0. The minimum atomic E-state index is -0.229. The van der Waals surface area contributed by atoms with E-state index in [1.807, 2.05) is 43.3 Å². The lowest BCUT2D eigenvalue weighted by Gasteiger charge is -2.10. The zero-order valence-electron chi connectivity index (χ0n) is 14.9. The highest BCUT2D eigenvalue weighted by molar-refractivity contribution is 6.01. The fourth-order valence-corrected chi connectivity index (χ4v) is 2.20. The molecule has 0 aromatic heterocycles. The van der Waals surface area contributed by atoms with Crippen molar-refractivity contribution in [2.75, 3.05) is 26.1 Å². The predicted molar refractivity (Wildman–Crippen MR) is 99.6 cm³/mol. The predicted octanol–water partition coefficient (Wildman–Crippen LogP) is 2.96. The second kappa shape index (κ2) is 8.73. The molecule has 2 rings (SSSR count). The highest BCUT2D eigenvalue weighted by Crippen LogP contribution is 2.25. The summed E-state index contributed by atoms with van der Waals surface area (Å²) in [5, 5.41) is 7.19. The standard InChI is InChI=1S/C19H23N3O3/c1-13-5-7-15(8-6-13)20-12-19(23)22-21-14(2)17-10-9-16(24-3)11-18(17)25-4/h5-11,20H,12H2,1-4H3,(H,22,23)/b21-14+. The quantitative estimate of drug-likeness (QED) is 0.600. The molecule has 0 unspecified atom stereocenters. The first-order valence-electron chi connectivity index (χ1n) is 7.89. The van der Waals surface area contributed by atoms with Crippen LogP contribution in [-0.4, -0.2) is 32.4 Å². The molecule has 2 aromatic rings. The highest BCUT2D eigenvalue weighted by Gasteiger charge is 2.09. The molecule has 0 saturated heterocycles. The summed E-state index contributed by atoms with van der Waals surface area (Å²) >= 11 is 0. The Morgan fingerprint density at radius 3 is 2.44 bits per heavy atom. The fourth-order valence-electron chi connectivity index (χ4n) is 2.20. The maximum Gasteiger partial charge on any atom is 0.259 e. The summed E-state index contributed by atoms with van der Waals surface area (Å²) in [6.45, 7) is 3.96. The fraction of sp³-hybridized carbons (Fsp3) is 0.263. The van der Waals surface area contributed by atoms with Crippen LogP contribution in [0.5, 0.6) is 11.5 Å². The molecule has 0 bridgehead atoms. The largest absolute Gasteiger partial charge is 0.497 e. The first kappa shape index (κ1) is 18.3. The molecule has 0 spiro atoms. The lowest BCUT2D eigenvalue weighted by atomic mass is 10.1. The molecule has 0 heterocycles. The Kier molecular flexibility index (Phi) is 6.39. The number of nitrogens with zero attached hydrogens (tertiary/aromatic N) is 1. The molecule has 25 heavy (non-hydrogen) atoms. The normalized spacial score (nSPS) is 11.0. The number of carbonyl (C=O) groups excluding carboxylic acids is 1. The van der Waals surface area contributed by atoms with E-state index in [0.29, 0.717) is 17.2 Å². The topological polar surface area (TPSA) is 72.0 Å². The third-order valence-corrected chi connectivity index (χ3v) is 3.65. The zero-order chi connectivity index (χ0) is 18.2. The molecular weight excluding hydrogens is 318 g/mol. The molecular formula is C19H23N3O3. The highest BCUT2D eigenvalue weighted by atomic mass is 16.5. The van der Waals surface area contributed by atoms with Gasteiger partial charge in [-0.3, -0.25) is 4.79 Å². The van der Waals surface area contributed by atoms with Crippen LogP contribution in [0.3, 0.4) is 0 Å². The Bertz CT molecular complexity index is 755. The van der Waals surface area contributed by atoms with E-state index in [0.717, 1.165) is 11.3 Å². The molecule has 0 aliphatic heterocycles. The molecule has 2 aromatic carbocycles. The van der Waals surface area contributed by atoms with Gasteiger partial charge >= 0.3 is 0 Å². The molecule has 6 heteroatoms. The minimum absolute atomic E-state index is 0.138. The number of methoxy groups -OCH3 is 2. The zero-order valence-corrected chi connectivity index (χ0v) is 14.9. The van der Waals surface area contributed by atoms with Crippen molar-refractivity contribution in [2.45, 2.75) is 13.8 Å². The van der Waals surface area contributed by atoms with Crippen molar-refractivity contribution >= 4 is 17.3 Å². The van der Waals surface area contributed by atoms with Crippen LogP contribution >= 0.6 is 0 Å². The smallest absolute Gasteiger partial charge is 0.259 e. The molecule has 132 valence electrons. The van der Waals surface area contributed by atoms with Crippen molar-refractivity contribution < 1.29 is 14.3 Å². The summed E-state index contributed by atoms with van der Waals surface area (Å²) in [4.78, 5) is 11.9. The molecule has 6 nitrogen and oxygen atoms in total. The minimum Gasteiger partial charge on any atom is -0.497 e. The maximum absolute atomic E-state index is 11.9. The van der Waals surface area contributed by atoms with Crippen LogP contribution in [0, 0.1) is 6.92 Å². The monoisotopic (exact) mass is 341 g/mol. The van der Waals surface area contributed by atoms with E-state index in [1.54, 1.807) is 27.2 Å². The van der Waals surface area contributed by atoms with Crippen LogP contribution in [0.4, 0.5) is 5.69 Å². The van der Waals surface area contributed by atoms with Crippen molar-refractivity contribution in [1.29, 1.82) is 0 Å². The van der Waals surface area contributed by atoms with Gasteiger partial charge in [0.25, 0.3) is 5.91 Å². The Morgan fingerprint density at radius 2 is 1.80 bits per heavy atom.